The standard InChI is InChI=1S/C18H25N7/c1-15-21-16(23-8-3-2-4-9-23)14-17(22-15)24-10-12-25(13-11-24)18-19-6-5-7-20-18/h5-7,14H,2-4,8-13H2,1H3. The molecule has 0 aliphatic carbocycles. The third-order valence-corrected chi connectivity index (χ3v) is 4.93. The van der Waals surface area contributed by atoms with E-state index in [1.807, 2.05) is 13.0 Å². The van der Waals surface area contributed by atoms with Gasteiger partial charge in [0.2, 0.25) is 5.95 Å². The largest absolute Gasteiger partial charge is 0.356 e. The summed E-state index contributed by atoms with van der Waals surface area (Å²) in [6, 6.07) is 4.01. The molecule has 2 aliphatic heterocycles. The van der Waals surface area contributed by atoms with Crippen LogP contribution < -0.4 is 14.7 Å². The predicted octanol–water partition coefficient (Wildman–Crippen LogP) is 1.89. The van der Waals surface area contributed by atoms with Crippen molar-refractivity contribution in [1.82, 2.24) is 19.9 Å². The fourth-order valence-electron chi connectivity index (χ4n) is 3.57. The van der Waals surface area contributed by atoms with Gasteiger partial charge in [0.15, 0.2) is 0 Å². The smallest absolute Gasteiger partial charge is 0.225 e. The molecule has 0 atom stereocenters. The van der Waals surface area contributed by atoms with E-state index in [1.54, 1.807) is 12.4 Å². The molecule has 0 radical (unpaired) electrons. The van der Waals surface area contributed by atoms with E-state index in [-0.39, 0.29) is 0 Å². The number of hydrogen-bond acceptors (Lipinski definition) is 7. The maximum Gasteiger partial charge on any atom is 0.225 e. The Bertz CT molecular complexity index is 692. The molecule has 7 heteroatoms. The van der Waals surface area contributed by atoms with E-state index >= 15 is 0 Å². The molecule has 0 aromatic carbocycles. The first-order chi connectivity index (χ1) is 12.3. The van der Waals surface area contributed by atoms with Gasteiger partial charge in [-0.3, -0.25) is 0 Å². The van der Waals surface area contributed by atoms with Crippen LogP contribution in [0.25, 0.3) is 0 Å². The Morgan fingerprint density at radius 3 is 1.92 bits per heavy atom. The molecule has 2 aliphatic rings. The summed E-state index contributed by atoms with van der Waals surface area (Å²) in [6.07, 6.45) is 7.44. The van der Waals surface area contributed by atoms with Crippen LogP contribution in [0.1, 0.15) is 25.1 Å². The Balaban J connectivity index is 1.46. The highest BCUT2D eigenvalue weighted by molar-refractivity contribution is 5.52. The van der Waals surface area contributed by atoms with E-state index in [4.69, 9.17) is 0 Å². The molecule has 0 amide bonds. The van der Waals surface area contributed by atoms with Crippen molar-refractivity contribution in [3.63, 3.8) is 0 Å². The van der Waals surface area contributed by atoms with Crippen LogP contribution in [0.5, 0.6) is 0 Å². The van der Waals surface area contributed by atoms with Crippen molar-refractivity contribution in [3.8, 4) is 0 Å². The van der Waals surface area contributed by atoms with E-state index in [1.165, 1.54) is 19.3 Å². The lowest BCUT2D eigenvalue weighted by atomic mass is 10.1. The topological polar surface area (TPSA) is 61.3 Å². The van der Waals surface area contributed by atoms with Crippen molar-refractivity contribution in [1.29, 1.82) is 0 Å². The van der Waals surface area contributed by atoms with Gasteiger partial charge in [0.05, 0.1) is 0 Å². The summed E-state index contributed by atoms with van der Waals surface area (Å²) in [5.41, 5.74) is 0. The van der Waals surface area contributed by atoms with Gasteiger partial charge in [-0.1, -0.05) is 0 Å². The second kappa shape index (κ2) is 7.21. The molecule has 7 nitrogen and oxygen atoms in total. The van der Waals surface area contributed by atoms with Gasteiger partial charge in [0, 0.05) is 57.7 Å². The Morgan fingerprint density at radius 1 is 0.720 bits per heavy atom. The van der Waals surface area contributed by atoms with Crippen molar-refractivity contribution in [2.24, 2.45) is 0 Å². The number of rotatable bonds is 3. The Labute approximate surface area is 148 Å². The minimum Gasteiger partial charge on any atom is -0.356 e. The van der Waals surface area contributed by atoms with E-state index in [2.05, 4.69) is 40.7 Å². The van der Waals surface area contributed by atoms with Crippen molar-refractivity contribution >= 4 is 17.6 Å². The summed E-state index contributed by atoms with van der Waals surface area (Å²) in [5, 5.41) is 0. The second-order valence-corrected chi connectivity index (χ2v) is 6.70. The van der Waals surface area contributed by atoms with E-state index in [9.17, 15) is 0 Å². The van der Waals surface area contributed by atoms with Gasteiger partial charge in [0.1, 0.15) is 17.5 Å². The normalized spacial score (nSPS) is 18.5. The van der Waals surface area contributed by atoms with Gasteiger partial charge < -0.3 is 14.7 Å². The molecule has 2 aromatic heterocycles. The Hall–Kier alpha value is -2.44. The van der Waals surface area contributed by atoms with Crippen molar-refractivity contribution in [2.75, 3.05) is 54.0 Å². The fraction of sp³-hybridized carbons (Fsp3) is 0.556. The van der Waals surface area contributed by atoms with E-state index < -0.39 is 0 Å². The number of piperidine rings is 1. The molecule has 132 valence electrons. The lowest BCUT2D eigenvalue weighted by Gasteiger charge is -2.36. The van der Waals surface area contributed by atoms with Gasteiger partial charge in [-0.05, 0) is 32.3 Å². The molecular formula is C18H25N7. The molecule has 0 unspecified atom stereocenters. The molecule has 4 heterocycles. The molecule has 25 heavy (non-hydrogen) atoms. The number of hydrogen-bond donors (Lipinski definition) is 0. The monoisotopic (exact) mass is 339 g/mol. The van der Waals surface area contributed by atoms with Crippen LogP contribution in [0, 0.1) is 6.92 Å². The SMILES string of the molecule is Cc1nc(N2CCCCC2)cc(N2CCN(c3ncccn3)CC2)n1. The van der Waals surface area contributed by atoms with Gasteiger partial charge in [-0.2, -0.15) is 0 Å². The first-order valence-electron chi connectivity index (χ1n) is 9.17. The number of piperazine rings is 1. The van der Waals surface area contributed by atoms with Gasteiger partial charge in [0.25, 0.3) is 0 Å². The quantitative estimate of drug-likeness (QED) is 0.846. The Kier molecular flexibility index (Phi) is 4.63. The minimum atomic E-state index is 0.815. The first-order valence-corrected chi connectivity index (χ1v) is 9.17. The van der Waals surface area contributed by atoms with Crippen LogP contribution in [-0.4, -0.2) is 59.2 Å². The van der Waals surface area contributed by atoms with Gasteiger partial charge in [-0.15, -0.1) is 0 Å². The number of nitrogens with zero attached hydrogens (tertiary/aromatic N) is 7. The maximum absolute atomic E-state index is 4.69. The number of aryl methyl sites for hydroxylation is 1. The molecule has 2 saturated heterocycles. The molecular weight excluding hydrogens is 314 g/mol. The molecule has 0 N–H and O–H groups in total. The first kappa shape index (κ1) is 16.1. The van der Waals surface area contributed by atoms with E-state index in [0.29, 0.717) is 0 Å². The number of anilines is 3. The highest BCUT2D eigenvalue weighted by Crippen LogP contribution is 2.23. The van der Waals surface area contributed by atoms with E-state index in [0.717, 1.165) is 62.7 Å². The average molecular weight is 339 g/mol. The highest BCUT2D eigenvalue weighted by Gasteiger charge is 2.21. The van der Waals surface area contributed by atoms with Crippen LogP contribution in [0.3, 0.4) is 0 Å². The molecule has 2 aromatic rings. The van der Waals surface area contributed by atoms with Crippen LogP contribution in [-0.2, 0) is 0 Å². The summed E-state index contributed by atoms with van der Waals surface area (Å²) in [7, 11) is 0. The van der Waals surface area contributed by atoms with Gasteiger partial charge >= 0.3 is 0 Å². The Morgan fingerprint density at radius 2 is 1.28 bits per heavy atom. The maximum atomic E-state index is 4.69. The molecule has 0 bridgehead atoms. The average Bonchev–Trinajstić information content (AvgIpc) is 2.69. The summed E-state index contributed by atoms with van der Waals surface area (Å²) >= 11 is 0. The zero-order valence-electron chi connectivity index (χ0n) is 14.8. The summed E-state index contributed by atoms with van der Waals surface area (Å²) in [5.74, 6) is 3.79. The molecule has 0 spiro atoms. The van der Waals surface area contributed by atoms with Crippen molar-refractivity contribution in [2.45, 2.75) is 26.2 Å². The zero-order valence-corrected chi connectivity index (χ0v) is 14.8. The third-order valence-electron chi connectivity index (χ3n) is 4.93. The molecule has 2 fully saturated rings. The minimum absolute atomic E-state index is 0.815. The third kappa shape index (κ3) is 3.65. The van der Waals surface area contributed by atoms with Crippen molar-refractivity contribution in [3.05, 3.63) is 30.4 Å². The summed E-state index contributed by atoms with van der Waals surface area (Å²) in [4.78, 5) is 25.0. The number of aromatic nitrogens is 4. The zero-order chi connectivity index (χ0) is 17.1. The second-order valence-electron chi connectivity index (χ2n) is 6.70. The van der Waals surface area contributed by atoms with Gasteiger partial charge in [-0.25, -0.2) is 19.9 Å². The fourth-order valence-corrected chi connectivity index (χ4v) is 3.57. The highest BCUT2D eigenvalue weighted by atomic mass is 15.3. The lowest BCUT2D eigenvalue weighted by molar-refractivity contribution is 0.571. The van der Waals surface area contributed by atoms with Crippen LogP contribution in [0.2, 0.25) is 0 Å². The van der Waals surface area contributed by atoms with Crippen molar-refractivity contribution < 1.29 is 0 Å². The van der Waals surface area contributed by atoms with Crippen LogP contribution in [0.15, 0.2) is 24.5 Å². The molecule has 4 rings (SSSR count). The lowest BCUT2D eigenvalue weighted by Crippen LogP contribution is -2.47. The summed E-state index contributed by atoms with van der Waals surface area (Å²) in [6.45, 7) is 7.87. The predicted molar refractivity (Wildman–Crippen MR) is 99.3 cm³/mol. The molecule has 0 saturated carbocycles. The van der Waals surface area contributed by atoms with Crippen LogP contribution in [0.4, 0.5) is 17.6 Å². The summed E-state index contributed by atoms with van der Waals surface area (Å²) < 4.78 is 0. The van der Waals surface area contributed by atoms with Crippen LogP contribution >= 0.6 is 0 Å².